The molecule has 5 heterocycles. The van der Waals surface area contributed by atoms with Gasteiger partial charge < -0.3 is 162 Å². The lowest BCUT2D eigenvalue weighted by Crippen LogP contribution is -2.57. The molecule has 0 spiro atoms. The van der Waals surface area contributed by atoms with Crippen LogP contribution in [0.15, 0.2) is 30.3 Å². The lowest BCUT2D eigenvalue weighted by molar-refractivity contribution is -0.145. The van der Waals surface area contributed by atoms with E-state index in [0.717, 1.165) is 34.4 Å². The van der Waals surface area contributed by atoms with Crippen LogP contribution >= 0.6 is 0 Å². The van der Waals surface area contributed by atoms with Crippen LogP contribution in [-0.4, -0.2) is 438 Å². The zero-order chi connectivity index (χ0) is 112. The number of aliphatic carboxylic acids is 5. The van der Waals surface area contributed by atoms with Crippen LogP contribution in [0.25, 0.3) is 0 Å². The van der Waals surface area contributed by atoms with Gasteiger partial charge in [0.05, 0.1) is 36.8 Å². The number of carboxylic acid groups (broad SMARTS) is 5. The first-order chi connectivity index (χ1) is 68.0. The van der Waals surface area contributed by atoms with Gasteiger partial charge >= 0.3 is 116 Å². The van der Waals surface area contributed by atoms with Crippen molar-refractivity contribution in [3.05, 3.63) is 35.9 Å². The summed E-state index contributed by atoms with van der Waals surface area (Å²) in [7, 11) is -29.7. The van der Waals surface area contributed by atoms with E-state index in [9.17, 15) is 116 Å². The second kappa shape index (κ2) is 57.1. The van der Waals surface area contributed by atoms with E-state index >= 15 is 0 Å². The number of hydrogen-bond donors (Lipinski definition) is 30. The molecule has 1 aromatic carbocycles. The van der Waals surface area contributed by atoms with E-state index in [1.165, 1.54) is 0 Å². The summed E-state index contributed by atoms with van der Waals surface area (Å²) in [5.74, 6) is -15.1. The van der Waals surface area contributed by atoms with Crippen molar-refractivity contribution in [1.82, 2.24) is 43.1 Å². The Bertz CT molecular complexity index is 5020. The zero-order valence-corrected chi connectivity index (χ0v) is 86.7. The minimum Gasteiger partial charge on any atom is -0.480 e. The van der Waals surface area contributed by atoms with Gasteiger partial charge in [-0.2, -0.15) is 63.6 Å². The first-order valence-corrected chi connectivity index (χ1v) is 54.8. The van der Waals surface area contributed by atoms with E-state index in [1.807, 2.05) is 6.92 Å². The third-order valence-corrected chi connectivity index (χ3v) is 35.7. The average molecular weight is 2200 g/mol. The fraction of sp³-hybridized carbons (Fsp3) is 0.792. The third-order valence-electron chi connectivity index (χ3n) is 26.5. The van der Waals surface area contributed by atoms with Crippen LogP contribution in [0.1, 0.15) is 129 Å². The summed E-state index contributed by atoms with van der Waals surface area (Å²) in [4.78, 5) is 122. The first-order valence-electron chi connectivity index (χ1n) is 47.8. The van der Waals surface area contributed by atoms with Gasteiger partial charge in [-0.1, -0.05) is 89.6 Å². The Morgan fingerprint density at radius 2 is 0.605 bits per heavy atom. The zero-order valence-electron chi connectivity index (χ0n) is 82.6. The molecule has 147 heavy (non-hydrogen) atoms. The Morgan fingerprint density at radius 3 is 0.857 bits per heavy atom. The number of carbonyl (C=O) groups is 10. The van der Waals surface area contributed by atoms with Crippen LogP contribution in [0.4, 0.5) is 0 Å². The van der Waals surface area contributed by atoms with Crippen molar-refractivity contribution in [3.63, 3.8) is 0 Å². The van der Waals surface area contributed by atoms with Crippen molar-refractivity contribution >= 4 is 146 Å². The van der Waals surface area contributed by atoms with Crippen molar-refractivity contribution in [2.45, 2.75) is 226 Å². The Hall–Kier alpha value is -7.21. The molecule has 7 fully saturated rings. The standard InChI is InChI=1S/C18H30BN5O7S.C15H30BN5O7S.2C15H32BN5O7S.C14H28BN5O7S/c20-9-15(21)16(25)24(10-13-5-2-1-3-6-13)32(30,31)23-11-14(7-4-8-19(28)29)18(22,12-23)17(26)27;17-6-12(18)13(22)21(7-10-3-4-10)29(27,28)20-8-11(2-1-5-16(25)26)15(19,9-20)14(23)24;1-10(2)7-21(13(22)12(18)6-17)29(27,28)20-8-11(4-3-5-16(25)26)15(19,9-20)14(23)24;1-2-3-7-21(13(22)12(18)8-17)29(27,28)20-9-11(5-4-6-16(25)26)15(19,10-20)14(23)24;16-6-11(17)12(21)20(10-3-4-10)28(26,27)19-7-9(2-1-5-15(24)25)14(18,8-19)13(22)23/h1-3,5-6,14-15,28-29H,4,7-12,20-22H2,(H,26,27);10-12,25-26H,1-9,17-19H2,(H,23,24);10-12,25-26H,3-9,17-19H2,1-2H3,(H,23,24);11-12,25-26H,2-10,17-19H2,1H3,(H,23,24);9-11,24-25H,1-8,16-18H2,(H,22,23)/t14-,15?,18-;3*11-,12?,15-;9-,11?,14-/m00000/s1. The van der Waals surface area contributed by atoms with Crippen LogP contribution in [0.5, 0.6) is 0 Å². The lowest BCUT2D eigenvalue weighted by Gasteiger charge is -2.30. The van der Waals surface area contributed by atoms with Crippen molar-refractivity contribution in [1.29, 1.82) is 0 Å². The Morgan fingerprint density at radius 1 is 0.361 bits per heavy atom. The van der Waals surface area contributed by atoms with Crippen LogP contribution in [0, 0.1) is 41.4 Å². The van der Waals surface area contributed by atoms with Gasteiger partial charge in [-0.25, -0.2) is 21.5 Å². The van der Waals surface area contributed by atoms with Gasteiger partial charge in [0, 0.05) is 153 Å². The van der Waals surface area contributed by atoms with Gasteiger partial charge in [0.2, 0.25) is 0 Å². The topological polar surface area (TPSA) is 1070 Å². The predicted octanol–water partition coefficient (Wildman–Crippen LogP) is -15.2. The molecule has 5 aliphatic heterocycles. The molecule has 1 aromatic rings. The molecule has 0 bridgehead atoms. The number of amides is 5. The molecule has 840 valence electrons. The monoisotopic (exact) mass is 2200 g/mol. The molecule has 5 unspecified atom stereocenters. The van der Waals surface area contributed by atoms with Crippen molar-refractivity contribution in [2.24, 2.45) is 127 Å². The van der Waals surface area contributed by atoms with Crippen molar-refractivity contribution in [2.75, 3.05) is 118 Å². The lowest BCUT2D eigenvalue weighted by atomic mass is 9.78. The summed E-state index contributed by atoms with van der Waals surface area (Å²) in [5, 5.41) is 138. The van der Waals surface area contributed by atoms with Gasteiger partial charge in [-0.05, 0) is 113 Å². The maximum Gasteiger partial charge on any atom is 0.451 e. The van der Waals surface area contributed by atoms with E-state index < -0.39 is 272 Å². The number of benzene rings is 1. The molecule has 7 aliphatic rings. The molecule has 15 atom stereocenters. The van der Waals surface area contributed by atoms with E-state index in [-0.39, 0.29) is 199 Å². The third kappa shape index (κ3) is 35.2. The molecular weight excluding hydrogens is 2050 g/mol. The summed E-state index contributed by atoms with van der Waals surface area (Å²) < 4.78 is 140. The van der Waals surface area contributed by atoms with E-state index in [4.69, 9.17) is 136 Å². The molecule has 45 N–H and O–H groups in total. The molecule has 60 nitrogen and oxygen atoms in total. The molecule has 5 amide bonds. The van der Waals surface area contributed by atoms with Gasteiger partial charge in [0.25, 0.3) is 29.5 Å². The SMILES string of the molecule is CC(C)CN(C(=O)C(N)CN)S(=O)(=O)N1C[C@H](CCCB(O)O)[C@](N)(C(=O)O)C1.CCCCN(C(=O)C(N)CN)S(=O)(=O)N1C[C@H](CCCB(O)O)[C@](N)(C(=O)O)C1.NCC(N)C(=O)N(C1CC1)S(=O)(=O)N1C[C@H](CCCB(O)O)[C@](N)(C(=O)O)C1.NCC(N)C(=O)N(CC1CC1)S(=O)(=O)N1C[C@H](CCCB(O)O)[C@](N)(C(=O)O)C1.NCC(N)C(=O)N(Cc1ccccc1)S(=O)(=O)N1C[C@H](CCCB(O)O)[C@](N)(C(=O)O)C1. The number of nitrogens with zero attached hydrogens (tertiary/aromatic N) is 10. The van der Waals surface area contributed by atoms with E-state index in [2.05, 4.69) is 0 Å². The molecular formula is C77H152B5N25O35S5. The van der Waals surface area contributed by atoms with Crippen molar-refractivity contribution < 1.29 is 166 Å². The van der Waals surface area contributed by atoms with Gasteiger partial charge in [0.1, 0.15) is 27.7 Å². The normalized spacial score (nSPS) is 24.6. The Labute approximate surface area is 856 Å². The van der Waals surface area contributed by atoms with Gasteiger partial charge in [-0.3, -0.25) is 47.9 Å². The maximum atomic E-state index is 13.4. The maximum absolute atomic E-state index is 13.4. The fourth-order valence-corrected chi connectivity index (χ4v) is 26.1. The summed E-state index contributed by atoms with van der Waals surface area (Å²) in [6, 6.07) is 1.83. The number of unbranched alkanes of at least 4 members (excludes halogenated alkanes) is 1. The van der Waals surface area contributed by atoms with E-state index in [1.54, 1.807) is 44.2 Å². The van der Waals surface area contributed by atoms with Crippen LogP contribution in [0.2, 0.25) is 31.6 Å². The van der Waals surface area contributed by atoms with Crippen molar-refractivity contribution in [3.8, 4) is 0 Å². The minimum absolute atomic E-state index is 0.00224. The smallest absolute Gasteiger partial charge is 0.451 e. The summed E-state index contributed by atoms with van der Waals surface area (Å²) in [5.41, 5.74) is 76.8. The number of carbonyl (C=O) groups excluding carboxylic acids is 5. The Kier molecular flexibility index (Phi) is 51.3. The minimum atomic E-state index is -4.49. The van der Waals surface area contributed by atoms with Crippen LogP contribution in [0.3, 0.4) is 0 Å². The van der Waals surface area contributed by atoms with Gasteiger partial charge in [-0.15, -0.1) is 0 Å². The molecule has 8 rings (SSSR count). The number of hydrogen-bond acceptors (Lipinski definition) is 45. The molecule has 2 aliphatic carbocycles. The highest BCUT2D eigenvalue weighted by molar-refractivity contribution is 7.88. The Balaban J connectivity index is 0.000000383. The first kappa shape index (κ1) is 132. The number of carboxylic acids is 5. The highest BCUT2D eigenvalue weighted by atomic mass is 32.2. The highest BCUT2D eigenvalue weighted by Crippen LogP contribution is 2.42. The summed E-state index contributed by atoms with van der Waals surface area (Å²) >= 11 is 0. The number of nitrogens with two attached hydrogens (primary N) is 15. The fourth-order valence-electron chi connectivity index (χ4n) is 17.0. The molecule has 0 aromatic heterocycles. The highest BCUT2D eigenvalue weighted by Gasteiger charge is 2.61. The molecule has 70 heteroatoms. The molecule has 0 radical (unpaired) electrons. The predicted molar refractivity (Wildman–Crippen MR) is 533 cm³/mol. The van der Waals surface area contributed by atoms with Crippen LogP contribution < -0.4 is 86.0 Å². The number of rotatable bonds is 55. The molecule has 2 saturated carbocycles. The van der Waals surface area contributed by atoms with Crippen LogP contribution in [-0.2, 0) is 106 Å². The largest absolute Gasteiger partial charge is 0.480 e. The summed E-state index contributed by atoms with van der Waals surface area (Å²) in [6.45, 7) is -0.138. The average Bonchev–Trinajstić information content (AvgIpc) is 1.60. The molecule has 5 saturated heterocycles. The second-order valence-electron chi connectivity index (χ2n) is 38.5. The van der Waals surface area contributed by atoms with E-state index in [0.29, 0.717) is 52.8 Å². The second-order valence-corrected chi connectivity index (χ2v) is 47.7. The quantitative estimate of drug-likeness (QED) is 0.0269. The summed E-state index contributed by atoms with van der Waals surface area (Å²) in [6.07, 6.45) is 5.74. The van der Waals surface area contributed by atoms with Gasteiger partial charge in [0.15, 0.2) is 0 Å².